The van der Waals surface area contributed by atoms with E-state index in [1.165, 1.54) is 0 Å². The molecule has 3 heteroatoms. The van der Waals surface area contributed by atoms with Crippen molar-refractivity contribution in [2.75, 3.05) is 0 Å². The second-order valence-electron chi connectivity index (χ2n) is 5.22. The van der Waals surface area contributed by atoms with Gasteiger partial charge in [0.05, 0.1) is 5.92 Å². The van der Waals surface area contributed by atoms with Crippen molar-refractivity contribution in [2.24, 2.45) is 5.92 Å². The number of carbonyl (C=O) groups is 2. The summed E-state index contributed by atoms with van der Waals surface area (Å²) in [6.07, 6.45) is 2.34. The summed E-state index contributed by atoms with van der Waals surface area (Å²) in [5, 5.41) is 0. The van der Waals surface area contributed by atoms with Gasteiger partial charge < -0.3 is 9.53 Å². The fourth-order valence-corrected chi connectivity index (χ4v) is 2.32. The van der Waals surface area contributed by atoms with E-state index in [4.69, 9.17) is 4.74 Å². The van der Waals surface area contributed by atoms with Crippen LogP contribution in [0.1, 0.15) is 24.0 Å². The fourth-order valence-electron chi connectivity index (χ4n) is 2.32. The Labute approximate surface area is 130 Å². The van der Waals surface area contributed by atoms with E-state index in [0.29, 0.717) is 19.3 Å². The van der Waals surface area contributed by atoms with Crippen LogP contribution in [0, 0.1) is 5.92 Å². The molecule has 22 heavy (non-hydrogen) atoms. The minimum absolute atomic E-state index is 0.241. The molecular formula is C19H20O3. The summed E-state index contributed by atoms with van der Waals surface area (Å²) in [7, 11) is 0. The predicted octanol–water partition coefficient (Wildman–Crippen LogP) is 3.57. The van der Waals surface area contributed by atoms with E-state index in [1.807, 2.05) is 60.7 Å². The zero-order valence-corrected chi connectivity index (χ0v) is 12.5. The maximum atomic E-state index is 12.3. The Morgan fingerprint density at radius 2 is 1.55 bits per heavy atom. The van der Waals surface area contributed by atoms with Gasteiger partial charge in [0.1, 0.15) is 12.9 Å². The molecule has 3 nitrogen and oxygen atoms in total. The average Bonchev–Trinajstić information content (AvgIpc) is 2.58. The summed E-state index contributed by atoms with van der Waals surface area (Å²) in [6, 6.07) is 19.4. The molecule has 0 radical (unpaired) electrons. The van der Waals surface area contributed by atoms with Gasteiger partial charge in [-0.05, 0) is 24.0 Å². The Morgan fingerprint density at radius 1 is 0.955 bits per heavy atom. The Balaban J connectivity index is 1.95. The van der Waals surface area contributed by atoms with E-state index < -0.39 is 0 Å². The monoisotopic (exact) mass is 296 g/mol. The third-order valence-electron chi connectivity index (χ3n) is 3.52. The number of benzene rings is 2. The fraction of sp³-hybridized carbons (Fsp3) is 0.263. The SMILES string of the molecule is O=CCCC(Cc1ccccc1)C(=O)OCc1ccccc1. The molecule has 0 bridgehead atoms. The minimum atomic E-state index is -0.281. The van der Waals surface area contributed by atoms with Gasteiger partial charge in [0.15, 0.2) is 0 Å². The molecule has 114 valence electrons. The predicted molar refractivity (Wildman–Crippen MR) is 85.2 cm³/mol. The van der Waals surface area contributed by atoms with Gasteiger partial charge >= 0.3 is 5.97 Å². The Kier molecular flexibility index (Phi) is 6.37. The molecule has 0 aliphatic heterocycles. The van der Waals surface area contributed by atoms with Crippen molar-refractivity contribution >= 4 is 12.3 Å². The Bertz CT molecular complexity index is 578. The highest BCUT2D eigenvalue weighted by atomic mass is 16.5. The molecule has 0 fully saturated rings. The summed E-state index contributed by atoms with van der Waals surface area (Å²) in [6.45, 7) is 0.270. The van der Waals surface area contributed by atoms with E-state index in [9.17, 15) is 9.59 Å². The number of rotatable bonds is 8. The van der Waals surface area contributed by atoms with Gasteiger partial charge in [0.25, 0.3) is 0 Å². The highest BCUT2D eigenvalue weighted by Gasteiger charge is 2.20. The number of aldehydes is 1. The first kappa shape index (κ1) is 16.0. The zero-order chi connectivity index (χ0) is 15.6. The van der Waals surface area contributed by atoms with Gasteiger partial charge in [-0.1, -0.05) is 60.7 Å². The maximum absolute atomic E-state index is 12.3. The lowest BCUT2D eigenvalue weighted by molar-refractivity contribution is -0.150. The topological polar surface area (TPSA) is 43.4 Å². The molecule has 0 saturated carbocycles. The summed E-state index contributed by atoms with van der Waals surface area (Å²) >= 11 is 0. The minimum Gasteiger partial charge on any atom is -0.461 e. The lowest BCUT2D eigenvalue weighted by Crippen LogP contribution is -2.20. The van der Waals surface area contributed by atoms with Crippen molar-refractivity contribution in [2.45, 2.75) is 25.9 Å². The number of hydrogen-bond donors (Lipinski definition) is 0. The molecular weight excluding hydrogens is 276 g/mol. The van der Waals surface area contributed by atoms with E-state index in [-0.39, 0.29) is 18.5 Å². The van der Waals surface area contributed by atoms with E-state index >= 15 is 0 Å². The third-order valence-corrected chi connectivity index (χ3v) is 3.52. The summed E-state index contributed by atoms with van der Waals surface area (Å²) < 4.78 is 5.40. The van der Waals surface area contributed by atoms with Crippen LogP contribution < -0.4 is 0 Å². The lowest BCUT2D eigenvalue weighted by atomic mass is 9.95. The number of ether oxygens (including phenoxy) is 1. The number of esters is 1. The first-order valence-corrected chi connectivity index (χ1v) is 7.47. The van der Waals surface area contributed by atoms with Crippen LogP contribution in [0.4, 0.5) is 0 Å². The number of carbonyl (C=O) groups excluding carboxylic acids is 2. The van der Waals surface area contributed by atoms with Crippen molar-refractivity contribution in [1.82, 2.24) is 0 Å². The van der Waals surface area contributed by atoms with Gasteiger partial charge in [0, 0.05) is 6.42 Å². The van der Waals surface area contributed by atoms with Gasteiger partial charge in [-0.3, -0.25) is 4.79 Å². The van der Waals surface area contributed by atoms with Crippen molar-refractivity contribution in [1.29, 1.82) is 0 Å². The third kappa shape index (κ3) is 5.17. The van der Waals surface area contributed by atoms with Crippen LogP contribution in [0.25, 0.3) is 0 Å². The second-order valence-corrected chi connectivity index (χ2v) is 5.22. The van der Waals surface area contributed by atoms with E-state index in [1.54, 1.807) is 0 Å². The highest BCUT2D eigenvalue weighted by Crippen LogP contribution is 2.16. The van der Waals surface area contributed by atoms with Gasteiger partial charge in [-0.25, -0.2) is 0 Å². The number of hydrogen-bond acceptors (Lipinski definition) is 3. The first-order chi connectivity index (χ1) is 10.8. The molecule has 1 atom stereocenters. The molecule has 0 aliphatic rings. The second kappa shape index (κ2) is 8.78. The van der Waals surface area contributed by atoms with Crippen LogP contribution in [0.5, 0.6) is 0 Å². The molecule has 2 aromatic carbocycles. The van der Waals surface area contributed by atoms with Crippen LogP contribution in [0.15, 0.2) is 60.7 Å². The van der Waals surface area contributed by atoms with Crippen molar-refractivity contribution < 1.29 is 14.3 Å². The standard InChI is InChI=1S/C19H20O3/c20-13-7-12-18(14-16-8-3-1-4-9-16)19(21)22-15-17-10-5-2-6-11-17/h1-6,8-11,13,18H,7,12,14-15H2. The van der Waals surface area contributed by atoms with E-state index in [0.717, 1.165) is 17.4 Å². The quantitative estimate of drug-likeness (QED) is 0.552. The van der Waals surface area contributed by atoms with Crippen molar-refractivity contribution in [3.05, 3.63) is 71.8 Å². The van der Waals surface area contributed by atoms with Crippen LogP contribution in [0.3, 0.4) is 0 Å². The highest BCUT2D eigenvalue weighted by molar-refractivity contribution is 5.73. The van der Waals surface area contributed by atoms with Crippen LogP contribution >= 0.6 is 0 Å². The molecule has 0 heterocycles. The molecule has 0 amide bonds. The normalized spacial score (nSPS) is 11.6. The van der Waals surface area contributed by atoms with Crippen molar-refractivity contribution in [3.63, 3.8) is 0 Å². The van der Waals surface area contributed by atoms with Gasteiger partial charge in [-0.15, -0.1) is 0 Å². The Morgan fingerprint density at radius 3 is 2.14 bits per heavy atom. The molecule has 1 unspecified atom stereocenters. The zero-order valence-electron chi connectivity index (χ0n) is 12.5. The largest absolute Gasteiger partial charge is 0.461 e. The van der Waals surface area contributed by atoms with E-state index in [2.05, 4.69) is 0 Å². The summed E-state index contributed by atoms with van der Waals surface area (Å²) in [5.41, 5.74) is 2.04. The first-order valence-electron chi connectivity index (χ1n) is 7.47. The average molecular weight is 296 g/mol. The molecule has 2 rings (SSSR count). The smallest absolute Gasteiger partial charge is 0.309 e. The van der Waals surface area contributed by atoms with Gasteiger partial charge in [0.2, 0.25) is 0 Å². The lowest BCUT2D eigenvalue weighted by Gasteiger charge is -2.15. The molecule has 0 N–H and O–H groups in total. The molecule has 2 aromatic rings. The van der Waals surface area contributed by atoms with Gasteiger partial charge in [-0.2, -0.15) is 0 Å². The molecule has 0 aliphatic carbocycles. The maximum Gasteiger partial charge on any atom is 0.309 e. The van der Waals surface area contributed by atoms with Crippen LogP contribution in [0.2, 0.25) is 0 Å². The Hall–Kier alpha value is -2.42. The summed E-state index contributed by atoms with van der Waals surface area (Å²) in [4.78, 5) is 22.9. The van der Waals surface area contributed by atoms with Crippen molar-refractivity contribution in [3.8, 4) is 0 Å². The molecule has 0 saturated heterocycles. The molecule has 0 aromatic heterocycles. The summed E-state index contributed by atoms with van der Waals surface area (Å²) in [5.74, 6) is -0.522. The van der Waals surface area contributed by atoms with Crippen LogP contribution in [-0.4, -0.2) is 12.3 Å². The molecule has 0 spiro atoms. The van der Waals surface area contributed by atoms with Crippen LogP contribution in [-0.2, 0) is 27.4 Å².